The van der Waals surface area contributed by atoms with Crippen LogP contribution in [0.25, 0.3) is 28.0 Å². The molecule has 0 bridgehead atoms. The maximum absolute atomic E-state index is 15.7. The Morgan fingerprint density at radius 2 is 1.84 bits per heavy atom. The van der Waals surface area contributed by atoms with Gasteiger partial charge in [0.1, 0.15) is 17.3 Å². The van der Waals surface area contributed by atoms with Crippen LogP contribution in [0, 0.1) is 11.6 Å². The number of hydrogen-bond acceptors (Lipinski definition) is 5. The van der Waals surface area contributed by atoms with Gasteiger partial charge in [-0.1, -0.05) is 43.1 Å². The van der Waals surface area contributed by atoms with Gasteiger partial charge in [0.2, 0.25) is 0 Å². The maximum Gasteiger partial charge on any atom is 0.355 e. The minimum Gasteiger partial charge on any atom is -0.353 e. The minimum absolute atomic E-state index is 0.000795. The van der Waals surface area contributed by atoms with E-state index in [2.05, 4.69) is 15.0 Å². The Morgan fingerprint density at radius 3 is 2.54 bits per heavy atom. The molecule has 192 valence electrons. The number of nitrogens with zero attached hydrogens (tertiary/aromatic N) is 5. The number of rotatable bonds is 4. The molecule has 10 heteroatoms. The minimum atomic E-state index is -0.779. The third-order valence-corrected chi connectivity index (χ3v) is 7.37. The van der Waals surface area contributed by atoms with Crippen molar-refractivity contribution in [3.05, 3.63) is 74.4 Å². The Labute approximate surface area is 222 Å². The van der Waals surface area contributed by atoms with Crippen LogP contribution in [0.3, 0.4) is 0 Å². The van der Waals surface area contributed by atoms with Crippen LogP contribution in [-0.4, -0.2) is 32.1 Å². The molecule has 0 radical (unpaired) electrons. The average molecular weight is 544 g/mol. The molecule has 1 aliphatic rings. The Hall–Kier alpha value is -3.10. The highest BCUT2D eigenvalue weighted by molar-refractivity contribution is 6.33. The molecule has 6 nitrogen and oxygen atoms in total. The zero-order valence-electron chi connectivity index (χ0n) is 20.6. The van der Waals surface area contributed by atoms with Crippen LogP contribution >= 0.6 is 23.2 Å². The fourth-order valence-electron chi connectivity index (χ4n) is 4.93. The van der Waals surface area contributed by atoms with Gasteiger partial charge in [-0.3, -0.25) is 4.98 Å². The molecule has 4 aromatic rings. The predicted octanol–water partition coefficient (Wildman–Crippen LogP) is 6.93. The topological polar surface area (TPSA) is 63.9 Å². The molecule has 0 amide bonds. The Kier molecular flexibility index (Phi) is 6.89. The molecule has 0 N–H and O–H groups in total. The van der Waals surface area contributed by atoms with Crippen LogP contribution in [0.1, 0.15) is 51.6 Å². The molecule has 1 saturated heterocycles. The first-order valence-corrected chi connectivity index (χ1v) is 12.9. The van der Waals surface area contributed by atoms with E-state index in [1.54, 1.807) is 12.3 Å². The highest BCUT2D eigenvalue weighted by atomic mass is 35.5. The van der Waals surface area contributed by atoms with E-state index in [-0.39, 0.29) is 38.9 Å². The second-order valence-electron chi connectivity index (χ2n) is 9.56. The summed E-state index contributed by atoms with van der Waals surface area (Å²) in [7, 11) is 0. The second-order valence-corrected chi connectivity index (χ2v) is 10.4. The van der Waals surface area contributed by atoms with Crippen molar-refractivity contribution >= 4 is 40.1 Å². The van der Waals surface area contributed by atoms with Crippen molar-refractivity contribution in [1.82, 2.24) is 19.5 Å². The lowest BCUT2D eigenvalue weighted by Gasteiger charge is -2.35. The largest absolute Gasteiger partial charge is 0.355 e. The van der Waals surface area contributed by atoms with Crippen molar-refractivity contribution in [3.63, 3.8) is 0 Å². The average Bonchev–Trinajstić information content (AvgIpc) is 2.85. The second kappa shape index (κ2) is 9.99. The molecule has 0 saturated carbocycles. The van der Waals surface area contributed by atoms with Crippen molar-refractivity contribution in [2.45, 2.75) is 52.0 Å². The molecule has 37 heavy (non-hydrogen) atoms. The van der Waals surface area contributed by atoms with Crippen LogP contribution in [0.15, 0.2) is 41.3 Å². The number of halogens is 4. The van der Waals surface area contributed by atoms with Crippen LogP contribution in [0.5, 0.6) is 0 Å². The Balaban J connectivity index is 1.92. The van der Waals surface area contributed by atoms with Crippen LogP contribution < -0.4 is 10.6 Å². The summed E-state index contributed by atoms with van der Waals surface area (Å²) < 4.78 is 31.8. The molecule has 4 heterocycles. The van der Waals surface area contributed by atoms with Gasteiger partial charge in [-0.15, -0.1) is 0 Å². The van der Waals surface area contributed by atoms with Gasteiger partial charge in [-0.05, 0) is 56.4 Å². The van der Waals surface area contributed by atoms with Gasteiger partial charge in [0.15, 0.2) is 11.5 Å². The van der Waals surface area contributed by atoms with Crippen molar-refractivity contribution in [3.8, 4) is 16.9 Å². The number of pyridine rings is 2. The normalized spacial score (nSPS) is 16.1. The molecule has 0 spiro atoms. The summed E-state index contributed by atoms with van der Waals surface area (Å²) in [5, 5.41) is 0.581. The number of anilines is 1. The lowest BCUT2D eigenvalue weighted by molar-refractivity contribution is 0.481. The molecular weight excluding hydrogens is 519 g/mol. The molecule has 1 atom stereocenters. The molecule has 1 fully saturated rings. The molecule has 0 unspecified atom stereocenters. The predicted molar refractivity (Wildman–Crippen MR) is 143 cm³/mol. The first-order chi connectivity index (χ1) is 17.7. The summed E-state index contributed by atoms with van der Waals surface area (Å²) in [5.74, 6) is -1.27. The Bertz CT molecular complexity index is 1550. The fraction of sp³-hybridized carbons (Fsp3) is 0.333. The van der Waals surface area contributed by atoms with E-state index < -0.39 is 17.3 Å². The number of hydrogen-bond donors (Lipinski definition) is 0. The zero-order chi connectivity index (χ0) is 26.4. The molecule has 0 aliphatic carbocycles. The summed E-state index contributed by atoms with van der Waals surface area (Å²) in [6.45, 7) is 6.55. The SMILES string of the molecule is CC(C)c1nccc(Cl)c1-n1c(=O)nc(N2CCCC[C@@H]2C)c2cc(F)c(-c3c(F)cccc3Cl)nc21. The van der Waals surface area contributed by atoms with E-state index in [1.807, 2.05) is 25.7 Å². The standard InChI is InChI=1S/C27H25Cl2F2N5O/c1-14(2)22-24(18(29)10-11-32-22)36-26-16(25(34-27(36)37)35-12-5-4-7-15(35)3)13-20(31)23(33-26)21-17(28)8-6-9-19(21)30/h6,8-11,13-15H,4-5,7,12H2,1-3H3/t15-/m0/s1. The van der Waals surface area contributed by atoms with Gasteiger partial charge in [-0.25, -0.2) is 23.1 Å². The van der Waals surface area contributed by atoms with Crippen LogP contribution in [0.2, 0.25) is 10.0 Å². The lowest BCUT2D eigenvalue weighted by atomic mass is 10.0. The highest BCUT2D eigenvalue weighted by Gasteiger charge is 2.28. The summed E-state index contributed by atoms with van der Waals surface area (Å²) in [6.07, 6.45) is 4.44. The van der Waals surface area contributed by atoms with Gasteiger partial charge >= 0.3 is 5.69 Å². The van der Waals surface area contributed by atoms with Gasteiger partial charge in [0.05, 0.1) is 32.4 Å². The first kappa shape index (κ1) is 25.5. The van der Waals surface area contributed by atoms with Crippen molar-refractivity contribution in [1.29, 1.82) is 0 Å². The maximum atomic E-state index is 15.7. The van der Waals surface area contributed by atoms with Crippen molar-refractivity contribution in [2.75, 3.05) is 11.4 Å². The first-order valence-electron chi connectivity index (χ1n) is 12.2. The van der Waals surface area contributed by atoms with Crippen LogP contribution in [-0.2, 0) is 0 Å². The molecule has 1 aliphatic heterocycles. The Morgan fingerprint density at radius 1 is 1.05 bits per heavy atom. The molecular formula is C27H25Cl2F2N5O. The summed E-state index contributed by atoms with van der Waals surface area (Å²) in [5.41, 5.74) is -0.174. The number of aromatic nitrogens is 4. The third-order valence-electron chi connectivity index (χ3n) is 6.75. The smallest absolute Gasteiger partial charge is 0.353 e. The highest BCUT2D eigenvalue weighted by Crippen LogP contribution is 2.37. The van der Waals surface area contributed by atoms with E-state index in [4.69, 9.17) is 23.2 Å². The van der Waals surface area contributed by atoms with E-state index in [9.17, 15) is 9.18 Å². The van der Waals surface area contributed by atoms with Gasteiger partial charge in [0, 0.05) is 18.8 Å². The monoisotopic (exact) mass is 543 g/mol. The van der Waals surface area contributed by atoms with E-state index >= 15 is 4.39 Å². The van der Waals surface area contributed by atoms with Gasteiger partial charge < -0.3 is 4.90 Å². The van der Waals surface area contributed by atoms with Gasteiger partial charge in [0.25, 0.3) is 0 Å². The number of fused-ring (bicyclic) bond motifs is 1. The summed E-state index contributed by atoms with van der Waals surface area (Å²) in [6, 6.07) is 6.98. The van der Waals surface area contributed by atoms with E-state index in [0.29, 0.717) is 29.1 Å². The van der Waals surface area contributed by atoms with Gasteiger partial charge in [-0.2, -0.15) is 4.98 Å². The number of piperidine rings is 1. The number of benzene rings is 1. The summed E-state index contributed by atoms with van der Waals surface area (Å²) >= 11 is 12.9. The fourth-order valence-corrected chi connectivity index (χ4v) is 5.42. The van der Waals surface area contributed by atoms with Crippen molar-refractivity contribution < 1.29 is 8.78 Å². The van der Waals surface area contributed by atoms with Crippen molar-refractivity contribution in [2.24, 2.45) is 0 Å². The summed E-state index contributed by atoms with van der Waals surface area (Å²) in [4.78, 5) is 29.1. The van der Waals surface area contributed by atoms with Crippen LogP contribution in [0.4, 0.5) is 14.6 Å². The molecule has 3 aromatic heterocycles. The molecule has 1 aromatic carbocycles. The third kappa shape index (κ3) is 4.46. The zero-order valence-corrected chi connectivity index (χ0v) is 22.1. The lowest BCUT2D eigenvalue weighted by Crippen LogP contribution is -2.40. The van der Waals surface area contributed by atoms with E-state index in [0.717, 1.165) is 19.3 Å². The molecule has 5 rings (SSSR count). The van der Waals surface area contributed by atoms with E-state index in [1.165, 1.54) is 28.8 Å². The quantitative estimate of drug-likeness (QED) is 0.279.